The van der Waals surface area contributed by atoms with Crippen LogP contribution < -0.4 is 0 Å². The molecule has 0 aromatic rings. The standard InChI is InChI=1S/C9H19NOP/c1-10(2,3)6-7-11-12-8-4-5-9-12/h4,8H,5-7,9H2,1-3H3/q+1. The maximum atomic E-state index is 5.74. The van der Waals surface area contributed by atoms with E-state index >= 15 is 0 Å². The van der Waals surface area contributed by atoms with Gasteiger partial charge in [0.1, 0.15) is 13.2 Å². The third kappa shape index (κ3) is 4.20. The van der Waals surface area contributed by atoms with Gasteiger partial charge in [0.25, 0.3) is 0 Å². The van der Waals surface area contributed by atoms with Crippen LogP contribution >= 0.6 is 8.15 Å². The van der Waals surface area contributed by atoms with Gasteiger partial charge < -0.3 is 9.01 Å². The van der Waals surface area contributed by atoms with Crippen LogP contribution in [0.15, 0.2) is 11.9 Å². The largest absolute Gasteiger partial charge is 0.349 e. The molecule has 12 heavy (non-hydrogen) atoms. The number of likely N-dealkylation sites (N-methyl/N-ethyl adjacent to an activating group) is 1. The number of hydrogen-bond donors (Lipinski definition) is 0. The number of allylic oxidation sites excluding steroid dienone is 1. The zero-order valence-electron chi connectivity index (χ0n) is 8.29. The predicted molar refractivity (Wildman–Crippen MR) is 54.4 cm³/mol. The van der Waals surface area contributed by atoms with Crippen LogP contribution in [0.2, 0.25) is 0 Å². The molecule has 1 aliphatic heterocycles. The van der Waals surface area contributed by atoms with Gasteiger partial charge in [-0.15, -0.1) is 0 Å². The summed E-state index contributed by atoms with van der Waals surface area (Å²) in [6.45, 7) is 2.01. The summed E-state index contributed by atoms with van der Waals surface area (Å²) in [5.41, 5.74) is 0. The Morgan fingerprint density at radius 1 is 1.42 bits per heavy atom. The van der Waals surface area contributed by atoms with Gasteiger partial charge in [0.05, 0.1) is 29.3 Å². The molecule has 0 bridgehead atoms. The fraction of sp³-hybridized carbons (Fsp3) is 0.778. The molecule has 0 saturated heterocycles. The van der Waals surface area contributed by atoms with Crippen molar-refractivity contribution in [2.24, 2.45) is 0 Å². The number of nitrogens with zero attached hydrogens (tertiary/aromatic N) is 1. The van der Waals surface area contributed by atoms with Crippen molar-refractivity contribution >= 4 is 8.15 Å². The maximum absolute atomic E-state index is 5.74. The summed E-state index contributed by atoms with van der Waals surface area (Å²) in [6.07, 6.45) is 4.69. The summed E-state index contributed by atoms with van der Waals surface area (Å²) in [4.78, 5) is 0. The molecule has 0 aromatic heterocycles. The van der Waals surface area contributed by atoms with E-state index in [1.807, 2.05) is 0 Å². The zero-order valence-corrected chi connectivity index (χ0v) is 9.18. The molecule has 1 atom stereocenters. The van der Waals surface area contributed by atoms with Gasteiger partial charge in [-0.3, -0.25) is 0 Å². The summed E-state index contributed by atoms with van der Waals surface area (Å²) in [7, 11) is 6.40. The smallest absolute Gasteiger partial charge is 0.102 e. The van der Waals surface area contributed by atoms with Gasteiger partial charge >= 0.3 is 0 Å². The Hall–Kier alpha value is 0.0900. The van der Waals surface area contributed by atoms with Crippen LogP contribution in [0.25, 0.3) is 0 Å². The van der Waals surface area contributed by atoms with Gasteiger partial charge in [-0.2, -0.15) is 0 Å². The van der Waals surface area contributed by atoms with E-state index in [1.165, 1.54) is 12.6 Å². The first-order valence-electron chi connectivity index (χ1n) is 4.45. The van der Waals surface area contributed by atoms with E-state index in [9.17, 15) is 0 Å². The molecule has 2 nitrogen and oxygen atoms in total. The van der Waals surface area contributed by atoms with Crippen LogP contribution in [0.3, 0.4) is 0 Å². The first-order chi connectivity index (χ1) is 5.58. The lowest BCUT2D eigenvalue weighted by atomic mass is 10.5. The first kappa shape index (κ1) is 10.2. The van der Waals surface area contributed by atoms with Crippen LogP contribution in [0.5, 0.6) is 0 Å². The molecule has 0 radical (unpaired) electrons. The molecule has 1 heterocycles. The highest BCUT2D eigenvalue weighted by Gasteiger charge is 2.12. The van der Waals surface area contributed by atoms with Crippen LogP contribution in [-0.2, 0) is 4.52 Å². The van der Waals surface area contributed by atoms with Crippen molar-refractivity contribution in [1.82, 2.24) is 0 Å². The molecular formula is C9H19NOP+. The quantitative estimate of drug-likeness (QED) is 0.484. The Labute approximate surface area is 76.6 Å². The Kier molecular flexibility index (Phi) is 3.70. The SMILES string of the molecule is C[N+](C)(C)CCOP1C=CCC1. The van der Waals surface area contributed by atoms with Gasteiger partial charge in [-0.1, -0.05) is 6.08 Å². The molecule has 0 N–H and O–H groups in total. The Balaban J connectivity index is 2.06. The molecule has 0 fully saturated rings. The summed E-state index contributed by atoms with van der Waals surface area (Å²) >= 11 is 0. The molecule has 0 amide bonds. The number of quaternary nitrogens is 1. The van der Waals surface area contributed by atoms with Crippen molar-refractivity contribution in [3.8, 4) is 0 Å². The lowest BCUT2D eigenvalue weighted by molar-refractivity contribution is -0.870. The highest BCUT2D eigenvalue weighted by atomic mass is 31.1. The van der Waals surface area contributed by atoms with Crippen molar-refractivity contribution in [3.05, 3.63) is 11.9 Å². The normalized spacial score (nSPS) is 23.4. The van der Waals surface area contributed by atoms with E-state index in [0.717, 1.165) is 17.6 Å². The van der Waals surface area contributed by atoms with Crippen molar-refractivity contribution in [2.75, 3.05) is 40.5 Å². The van der Waals surface area contributed by atoms with Crippen molar-refractivity contribution < 1.29 is 9.01 Å². The molecule has 0 aliphatic carbocycles. The average molecular weight is 188 g/mol. The van der Waals surface area contributed by atoms with Gasteiger partial charge in [0.2, 0.25) is 0 Å². The fourth-order valence-electron chi connectivity index (χ4n) is 1.01. The van der Waals surface area contributed by atoms with E-state index in [-0.39, 0.29) is 8.15 Å². The second kappa shape index (κ2) is 4.36. The van der Waals surface area contributed by atoms with Crippen LogP contribution in [0, 0.1) is 0 Å². The minimum Gasteiger partial charge on any atom is -0.349 e. The highest BCUT2D eigenvalue weighted by Crippen LogP contribution is 2.43. The van der Waals surface area contributed by atoms with Crippen LogP contribution in [-0.4, -0.2) is 44.9 Å². The number of rotatable bonds is 4. The van der Waals surface area contributed by atoms with E-state index < -0.39 is 0 Å². The van der Waals surface area contributed by atoms with Crippen molar-refractivity contribution in [2.45, 2.75) is 6.42 Å². The Morgan fingerprint density at radius 2 is 2.17 bits per heavy atom. The van der Waals surface area contributed by atoms with E-state index in [2.05, 4.69) is 33.0 Å². The summed E-state index contributed by atoms with van der Waals surface area (Å²) in [5.74, 6) is 2.24. The maximum Gasteiger partial charge on any atom is 0.102 e. The second-order valence-electron chi connectivity index (χ2n) is 4.16. The molecule has 1 aliphatic rings. The first-order valence-corrected chi connectivity index (χ1v) is 5.96. The molecule has 70 valence electrons. The topological polar surface area (TPSA) is 9.23 Å². The van der Waals surface area contributed by atoms with E-state index in [0.29, 0.717) is 0 Å². The third-order valence-electron chi connectivity index (χ3n) is 1.81. The molecule has 3 heteroatoms. The monoisotopic (exact) mass is 188 g/mol. The minimum absolute atomic E-state index is 0.189. The Bertz CT molecular complexity index is 162. The fourth-order valence-corrected chi connectivity index (χ4v) is 2.48. The van der Waals surface area contributed by atoms with Crippen LogP contribution in [0.4, 0.5) is 0 Å². The summed E-state index contributed by atoms with van der Waals surface area (Å²) in [5, 5.41) is 0. The van der Waals surface area contributed by atoms with E-state index in [4.69, 9.17) is 4.52 Å². The van der Waals surface area contributed by atoms with Crippen LogP contribution in [0.1, 0.15) is 6.42 Å². The lowest BCUT2D eigenvalue weighted by Crippen LogP contribution is -2.37. The van der Waals surface area contributed by atoms with E-state index in [1.54, 1.807) is 0 Å². The predicted octanol–water partition coefficient (Wildman–Crippen LogP) is 2.02. The molecule has 0 aromatic carbocycles. The zero-order chi connectivity index (χ0) is 9.03. The van der Waals surface area contributed by atoms with Gasteiger partial charge in [-0.25, -0.2) is 0 Å². The van der Waals surface area contributed by atoms with Gasteiger partial charge in [0, 0.05) is 0 Å². The highest BCUT2D eigenvalue weighted by molar-refractivity contribution is 7.56. The van der Waals surface area contributed by atoms with Gasteiger partial charge in [0.15, 0.2) is 0 Å². The lowest BCUT2D eigenvalue weighted by Gasteiger charge is -2.24. The van der Waals surface area contributed by atoms with Crippen molar-refractivity contribution in [3.63, 3.8) is 0 Å². The molecule has 1 rings (SSSR count). The summed E-state index contributed by atoms with van der Waals surface area (Å²) < 4.78 is 6.73. The molecular weight excluding hydrogens is 169 g/mol. The minimum atomic E-state index is -0.189. The molecule has 1 unspecified atom stereocenters. The number of hydrogen-bond acceptors (Lipinski definition) is 1. The molecule has 0 spiro atoms. The van der Waals surface area contributed by atoms with Gasteiger partial charge in [-0.05, 0) is 18.4 Å². The third-order valence-corrected chi connectivity index (χ3v) is 3.56. The molecule has 0 saturated carbocycles. The summed E-state index contributed by atoms with van der Waals surface area (Å²) in [6, 6.07) is 0. The Morgan fingerprint density at radius 3 is 2.67 bits per heavy atom. The average Bonchev–Trinajstić information content (AvgIpc) is 2.36. The van der Waals surface area contributed by atoms with Crippen molar-refractivity contribution in [1.29, 1.82) is 0 Å². The second-order valence-corrected chi connectivity index (χ2v) is 6.00.